The normalized spacial score (nSPS) is 37.7. The van der Waals surface area contributed by atoms with E-state index in [0.717, 1.165) is 58.3 Å². The van der Waals surface area contributed by atoms with E-state index in [1.165, 1.54) is 0 Å². The van der Waals surface area contributed by atoms with E-state index in [1.54, 1.807) is 0 Å². The summed E-state index contributed by atoms with van der Waals surface area (Å²) in [6, 6.07) is 0.908. The lowest BCUT2D eigenvalue weighted by Gasteiger charge is -2.52. The van der Waals surface area contributed by atoms with Gasteiger partial charge >= 0.3 is 6.09 Å². The maximum atomic E-state index is 13.7. The van der Waals surface area contributed by atoms with Crippen LogP contribution in [0.1, 0.15) is 52.4 Å². The molecule has 1 spiro atoms. The average Bonchev–Trinajstić information content (AvgIpc) is 3.15. The summed E-state index contributed by atoms with van der Waals surface area (Å²) in [5.41, 5.74) is 0.291. The Morgan fingerprint density at radius 3 is 2.37 bits per heavy atom. The fourth-order valence-electron chi connectivity index (χ4n) is 5.95. The van der Waals surface area contributed by atoms with Crippen molar-refractivity contribution in [1.29, 1.82) is 0 Å². The van der Waals surface area contributed by atoms with Crippen LogP contribution < -0.4 is 0 Å². The van der Waals surface area contributed by atoms with E-state index in [2.05, 4.69) is 4.90 Å². The van der Waals surface area contributed by atoms with Crippen molar-refractivity contribution in [2.24, 2.45) is 5.41 Å². The Hall–Kier alpha value is -0.950. The summed E-state index contributed by atoms with van der Waals surface area (Å²) >= 11 is 0. The molecule has 27 heavy (non-hydrogen) atoms. The Bertz CT molecular complexity index is 559. The lowest BCUT2D eigenvalue weighted by molar-refractivity contribution is -0.0241. The Labute approximate surface area is 161 Å². The largest absolute Gasteiger partial charge is 0.450 e. The number of carbonyl (C=O) groups is 1. The SMILES string of the molecule is CCOC(=O)N1CCC2(CC(N3CCC(N4CC(F)(F)C[C@@H]4C)CC3)C2)C1. The summed E-state index contributed by atoms with van der Waals surface area (Å²) < 4.78 is 32.5. The zero-order chi connectivity index (χ0) is 19.2. The summed E-state index contributed by atoms with van der Waals surface area (Å²) in [7, 11) is 0. The number of rotatable bonds is 3. The predicted molar refractivity (Wildman–Crippen MR) is 99.0 cm³/mol. The van der Waals surface area contributed by atoms with Gasteiger partial charge in [-0.15, -0.1) is 0 Å². The lowest BCUT2D eigenvalue weighted by atomic mass is 9.64. The molecule has 0 radical (unpaired) electrons. The van der Waals surface area contributed by atoms with Crippen LogP contribution in [-0.4, -0.2) is 84.2 Å². The number of amides is 1. The van der Waals surface area contributed by atoms with Crippen LogP contribution in [0, 0.1) is 5.41 Å². The summed E-state index contributed by atoms with van der Waals surface area (Å²) in [4.78, 5) is 18.4. The van der Waals surface area contributed by atoms with Gasteiger partial charge in [-0.1, -0.05) is 0 Å². The zero-order valence-electron chi connectivity index (χ0n) is 16.6. The van der Waals surface area contributed by atoms with Gasteiger partial charge in [0.05, 0.1) is 13.2 Å². The van der Waals surface area contributed by atoms with E-state index in [-0.39, 0.29) is 25.1 Å². The van der Waals surface area contributed by atoms with Crippen LogP contribution in [0.15, 0.2) is 0 Å². The van der Waals surface area contributed by atoms with Crippen LogP contribution in [-0.2, 0) is 4.74 Å². The molecular formula is C20H33F2N3O2. The van der Waals surface area contributed by atoms with Crippen LogP contribution in [0.4, 0.5) is 13.6 Å². The van der Waals surface area contributed by atoms with Gasteiger partial charge in [-0.05, 0) is 64.5 Å². The molecule has 0 bridgehead atoms. The lowest BCUT2D eigenvalue weighted by Crippen LogP contribution is -2.56. The van der Waals surface area contributed by atoms with E-state index in [0.29, 0.717) is 24.1 Å². The monoisotopic (exact) mass is 385 g/mol. The van der Waals surface area contributed by atoms with Gasteiger partial charge in [0.25, 0.3) is 5.92 Å². The minimum absolute atomic E-state index is 0.00382. The molecule has 1 aliphatic carbocycles. The molecule has 0 N–H and O–H groups in total. The smallest absolute Gasteiger partial charge is 0.409 e. The molecular weight excluding hydrogens is 352 g/mol. The van der Waals surface area contributed by atoms with Crippen LogP contribution >= 0.6 is 0 Å². The number of halogens is 2. The van der Waals surface area contributed by atoms with Crippen LogP contribution in [0.5, 0.6) is 0 Å². The Kier molecular flexibility index (Phi) is 5.12. The molecule has 4 rings (SSSR count). The first-order chi connectivity index (χ1) is 12.8. The number of ether oxygens (including phenoxy) is 1. The Morgan fingerprint density at radius 2 is 1.78 bits per heavy atom. The van der Waals surface area contributed by atoms with E-state index in [9.17, 15) is 13.6 Å². The molecule has 0 aromatic heterocycles. The summed E-state index contributed by atoms with van der Waals surface area (Å²) in [6.45, 7) is 7.84. The highest BCUT2D eigenvalue weighted by Gasteiger charge is 2.52. The summed E-state index contributed by atoms with van der Waals surface area (Å²) in [5.74, 6) is -2.51. The second kappa shape index (κ2) is 7.14. The van der Waals surface area contributed by atoms with Crippen LogP contribution in [0.2, 0.25) is 0 Å². The molecule has 1 saturated carbocycles. The quantitative estimate of drug-likeness (QED) is 0.748. The molecule has 3 aliphatic heterocycles. The summed E-state index contributed by atoms with van der Waals surface area (Å²) in [6.07, 6.45) is 5.24. The molecule has 7 heteroatoms. The molecule has 4 aliphatic rings. The molecule has 154 valence electrons. The molecule has 1 atom stereocenters. The van der Waals surface area contributed by atoms with Gasteiger partial charge in [0.2, 0.25) is 0 Å². The van der Waals surface area contributed by atoms with Crippen molar-refractivity contribution < 1.29 is 18.3 Å². The maximum absolute atomic E-state index is 13.7. The highest BCUT2D eigenvalue weighted by Crippen LogP contribution is 2.50. The van der Waals surface area contributed by atoms with Crippen LogP contribution in [0.25, 0.3) is 0 Å². The first-order valence-electron chi connectivity index (χ1n) is 10.6. The van der Waals surface area contributed by atoms with Crippen molar-refractivity contribution >= 4 is 6.09 Å². The molecule has 5 nitrogen and oxygen atoms in total. The number of alkyl halides is 2. The van der Waals surface area contributed by atoms with E-state index in [4.69, 9.17) is 4.74 Å². The van der Waals surface area contributed by atoms with Gasteiger partial charge in [-0.2, -0.15) is 0 Å². The van der Waals surface area contributed by atoms with Gasteiger partial charge < -0.3 is 14.5 Å². The van der Waals surface area contributed by atoms with Gasteiger partial charge in [0.15, 0.2) is 0 Å². The van der Waals surface area contributed by atoms with Gasteiger partial charge in [0.1, 0.15) is 0 Å². The van der Waals surface area contributed by atoms with Crippen LogP contribution in [0.3, 0.4) is 0 Å². The summed E-state index contributed by atoms with van der Waals surface area (Å²) in [5, 5.41) is 0. The third-order valence-corrected chi connectivity index (χ3v) is 7.36. The number of piperidine rings is 1. The fraction of sp³-hybridized carbons (Fsp3) is 0.950. The number of nitrogens with zero attached hydrogens (tertiary/aromatic N) is 3. The molecule has 4 fully saturated rings. The minimum atomic E-state index is -2.51. The van der Waals surface area contributed by atoms with Crippen molar-refractivity contribution in [1.82, 2.24) is 14.7 Å². The number of likely N-dealkylation sites (tertiary alicyclic amines) is 3. The predicted octanol–water partition coefficient (Wildman–Crippen LogP) is 3.19. The molecule has 1 amide bonds. The molecule has 0 aromatic carbocycles. The first kappa shape index (κ1) is 19.4. The molecule has 0 aromatic rings. The standard InChI is InChI=1S/C20H33F2N3O2/c1-3-27-18(26)24-9-6-19(13-24)11-17(12-19)23-7-4-16(5-8-23)25-14-20(21,22)10-15(25)2/h15-17H,3-14H2,1-2H3/t15-,17?,19?/m0/s1. The highest BCUT2D eigenvalue weighted by atomic mass is 19.3. The van der Waals surface area contributed by atoms with Gasteiger partial charge in [0, 0.05) is 37.6 Å². The fourth-order valence-corrected chi connectivity index (χ4v) is 5.95. The maximum Gasteiger partial charge on any atom is 0.409 e. The second-order valence-corrected chi connectivity index (χ2v) is 9.28. The van der Waals surface area contributed by atoms with Crippen molar-refractivity contribution in [2.45, 2.75) is 76.4 Å². The van der Waals surface area contributed by atoms with E-state index < -0.39 is 5.92 Å². The Morgan fingerprint density at radius 1 is 1.07 bits per heavy atom. The van der Waals surface area contributed by atoms with Crippen molar-refractivity contribution in [3.8, 4) is 0 Å². The van der Waals surface area contributed by atoms with Crippen molar-refractivity contribution in [3.05, 3.63) is 0 Å². The van der Waals surface area contributed by atoms with Crippen molar-refractivity contribution in [2.75, 3.05) is 39.3 Å². The third kappa shape index (κ3) is 3.82. The zero-order valence-corrected chi connectivity index (χ0v) is 16.6. The van der Waals surface area contributed by atoms with E-state index >= 15 is 0 Å². The average molecular weight is 385 g/mol. The molecule has 3 heterocycles. The first-order valence-corrected chi connectivity index (χ1v) is 10.6. The Balaban J connectivity index is 1.23. The minimum Gasteiger partial charge on any atom is -0.450 e. The number of carbonyl (C=O) groups excluding carboxylic acids is 1. The second-order valence-electron chi connectivity index (χ2n) is 9.28. The third-order valence-electron chi connectivity index (χ3n) is 7.36. The van der Waals surface area contributed by atoms with E-state index in [1.807, 2.05) is 23.6 Å². The van der Waals surface area contributed by atoms with Gasteiger partial charge in [-0.3, -0.25) is 4.90 Å². The number of hydrogen-bond acceptors (Lipinski definition) is 4. The highest BCUT2D eigenvalue weighted by molar-refractivity contribution is 5.68. The molecule has 0 unspecified atom stereocenters. The molecule has 3 saturated heterocycles. The topological polar surface area (TPSA) is 36.0 Å². The number of hydrogen-bond donors (Lipinski definition) is 0. The van der Waals surface area contributed by atoms with Gasteiger partial charge in [-0.25, -0.2) is 13.6 Å². The van der Waals surface area contributed by atoms with Crippen molar-refractivity contribution in [3.63, 3.8) is 0 Å².